The molecule has 0 saturated carbocycles. The van der Waals surface area contributed by atoms with Crippen LogP contribution in [0.2, 0.25) is 0 Å². The van der Waals surface area contributed by atoms with Crippen LogP contribution in [0.25, 0.3) is 10.2 Å². The number of fused-ring (bicyclic) bond motifs is 1. The largest absolute Gasteiger partial charge is 0.421 e. The number of nitrogens with zero attached hydrogens (tertiary/aromatic N) is 1. The molecule has 0 bridgehead atoms. The van der Waals surface area contributed by atoms with E-state index in [0.29, 0.717) is 5.52 Å². The second-order valence-corrected chi connectivity index (χ2v) is 4.25. The second-order valence-electron chi connectivity index (χ2n) is 2.40. The van der Waals surface area contributed by atoms with Crippen molar-refractivity contribution >= 4 is 31.1 Å². The Balaban J connectivity index is 2.75. The lowest BCUT2D eigenvalue weighted by molar-refractivity contribution is -0.136. The molecule has 0 fully saturated rings. The van der Waals surface area contributed by atoms with Gasteiger partial charge in [0.2, 0.25) is 0 Å². The van der Waals surface area contributed by atoms with E-state index in [1.54, 1.807) is 6.07 Å². The average molecular weight is 222 g/mol. The molecule has 0 aliphatic carbocycles. The van der Waals surface area contributed by atoms with E-state index in [-0.39, 0.29) is 4.70 Å². The minimum Gasteiger partial charge on any atom is -0.166 e. The van der Waals surface area contributed by atoms with Gasteiger partial charge in [0.1, 0.15) is 11.1 Å². The summed E-state index contributed by atoms with van der Waals surface area (Å²) < 4.78 is 41.2. The third kappa shape index (κ3) is 1.51. The molecule has 0 unspecified atom stereocenters. The molecule has 0 atom stereocenters. The van der Waals surface area contributed by atoms with E-state index in [1.807, 2.05) is 0 Å². The maximum absolute atomic E-state index is 12.4. The summed E-state index contributed by atoms with van der Waals surface area (Å²) in [5.41, 5.74) is -0.173. The van der Waals surface area contributed by atoms with Crippen molar-refractivity contribution in [1.29, 1.82) is 0 Å². The van der Waals surface area contributed by atoms with Gasteiger partial charge in [-0.3, -0.25) is 0 Å². The van der Waals surface area contributed by atoms with Gasteiger partial charge in [0.25, 0.3) is 15.2 Å². The fraction of sp³-hybridized carbons (Fsp3) is 0.143. The highest BCUT2D eigenvalue weighted by atomic mass is 32.9. The zero-order valence-electron chi connectivity index (χ0n) is 6.13. The zero-order chi connectivity index (χ0) is 9.47. The van der Waals surface area contributed by atoms with Crippen molar-refractivity contribution in [1.82, 2.24) is 4.37 Å². The molecule has 0 N–H and O–H groups in total. The minimum atomic E-state index is -4.28. The number of rotatable bonds is 0. The van der Waals surface area contributed by atoms with Crippen LogP contribution < -0.4 is 0 Å². The van der Waals surface area contributed by atoms with E-state index in [9.17, 15) is 13.2 Å². The molecular formula is C7H3F3NS2+. The molecule has 0 radical (unpaired) electrons. The normalized spacial score (nSPS) is 12.2. The van der Waals surface area contributed by atoms with Gasteiger partial charge in [-0.1, -0.05) is 6.07 Å². The highest BCUT2D eigenvalue weighted by Crippen LogP contribution is 2.37. The third-order valence-corrected chi connectivity index (χ3v) is 3.44. The Bertz CT molecular complexity index is 434. The standard InChI is InChI=1S/C7H3F3NS2/c8-7(9,10)4-2-1-3-5-6(4)12-13-11-5/h1-3H/q+1. The van der Waals surface area contributed by atoms with Crippen molar-refractivity contribution in [2.24, 2.45) is 0 Å². The minimum absolute atomic E-state index is 0.222. The first-order valence-corrected chi connectivity index (χ1v) is 5.44. The van der Waals surface area contributed by atoms with Gasteiger partial charge in [-0.05, 0) is 12.1 Å². The van der Waals surface area contributed by atoms with E-state index in [4.69, 9.17) is 0 Å². The van der Waals surface area contributed by atoms with Crippen LogP contribution in [-0.2, 0) is 6.18 Å². The summed E-state index contributed by atoms with van der Waals surface area (Å²) in [5.74, 6) is 0. The first-order valence-electron chi connectivity index (χ1n) is 3.34. The van der Waals surface area contributed by atoms with Gasteiger partial charge in [0, 0.05) is 0 Å². The molecule has 0 spiro atoms. The lowest BCUT2D eigenvalue weighted by atomic mass is 10.2. The number of alkyl halides is 3. The van der Waals surface area contributed by atoms with Crippen LogP contribution in [0.15, 0.2) is 18.2 Å². The first-order chi connectivity index (χ1) is 6.09. The number of benzene rings is 1. The Hall–Kier alpha value is -0.750. The Morgan fingerprint density at radius 1 is 1.31 bits per heavy atom. The SMILES string of the molecule is FC(F)(F)c1cccc2ns[s+]c12. The van der Waals surface area contributed by atoms with Crippen LogP contribution in [0.5, 0.6) is 0 Å². The molecule has 1 aromatic heterocycles. The van der Waals surface area contributed by atoms with Crippen molar-refractivity contribution in [3.63, 3.8) is 0 Å². The summed E-state index contributed by atoms with van der Waals surface area (Å²) in [5, 5.41) is 0. The van der Waals surface area contributed by atoms with Crippen LogP contribution in [0.1, 0.15) is 5.56 Å². The summed E-state index contributed by atoms with van der Waals surface area (Å²) in [6.45, 7) is 0. The molecular weight excluding hydrogens is 219 g/mol. The number of hydrogen-bond donors (Lipinski definition) is 0. The van der Waals surface area contributed by atoms with Crippen molar-refractivity contribution in [2.75, 3.05) is 0 Å². The zero-order valence-corrected chi connectivity index (χ0v) is 7.76. The molecule has 2 rings (SSSR count). The highest BCUT2D eigenvalue weighted by Gasteiger charge is 2.37. The van der Waals surface area contributed by atoms with Crippen molar-refractivity contribution < 1.29 is 13.2 Å². The van der Waals surface area contributed by atoms with Gasteiger partial charge in [-0.2, -0.15) is 13.2 Å². The Morgan fingerprint density at radius 2 is 2.08 bits per heavy atom. The highest BCUT2D eigenvalue weighted by molar-refractivity contribution is 7.69. The van der Waals surface area contributed by atoms with Crippen LogP contribution in [0, 0.1) is 0 Å². The predicted molar refractivity (Wildman–Crippen MR) is 46.9 cm³/mol. The van der Waals surface area contributed by atoms with E-state index >= 15 is 0 Å². The maximum Gasteiger partial charge on any atom is 0.421 e. The van der Waals surface area contributed by atoms with Gasteiger partial charge in [-0.25, -0.2) is 0 Å². The molecule has 0 aliphatic rings. The molecule has 1 nitrogen and oxygen atoms in total. The fourth-order valence-electron chi connectivity index (χ4n) is 1.00. The summed E-state index contributed by atoms with van der Waals surface area (Å²) in [6, 6.07) is 4.03. The summed E-state index contributed by atoms with van der Waals surface area (Å²) in [6.07, 6.45) is -4.28. The quantitative estimate of drug-likeness (QED) is 0.489. The van der Waals surface area contributed by atoms with Crippen LogP contribution in [0.4, 0.5) is 13.2 Å². The number of halogens is 3. The molecule has 0 saturated heterocycles. The lowest BCUT2D eigenvalue weighted by Crippen LogP contribution is -2.04. The topological polar surface area (TPSA) is 12.9 Å². The van der Waals surface area contributed by atoms with E-state index in [0.717, 1.165) is 26.9 Å². The van der Waals surface area contributed by atoms with Gasteiger partial charge >= 0.3 is 16.5 Å². The summed E-state index contributed by atoms with van der Waals surface area (Å²) in [7, 11) is 2.13. The molecule has 2 aromatic rings. The van der Waals surface area contributed by atoms with Gasteiger partial charge in [0.05, 0.1) is 0 Å². The van der Waals surface area contributed by atoms with Gasteiger partial charge < -0.3 is 0 Å². The number of hydrogen-bond acceptors (Lipinski definition) is 2. The van der Waals surface area contributed by atoms with E-state index in [1.165, 1.54) is 6.07 Å². The fourth-order valence-corrected chi connectivity index (χ4v) is 2.98. The van der Waals surface area contributed by atoms with Gasteiger partial charge in [-0.15, -0.1) is 4.37 Å². The van der Waals surface area contributed by atoms with E-state index < -0.39 is 11.7 Å². The molecule has 0 amide bonds. The Kier molecular flexibility index (Phi) is 1.96. The van der Waals surface area contributed by atoms with Crippen LogP contribution in [0.3, 0.4) is 0 Å². The van der Waals surface area contributed by atoms with Crippen molar-refractivity contribution in [2.45, 2.75) is 6.18 Å². The molecule has 68 valence electrons. The van der Waals surface area contributed by atoms with E-state index in [2.05, 4.69) is 4.37 Å². The van der Waals surface area contributed by atoms with Crippen LogP contribution >= 0.6 is 20.9 Å². The van der Waals surface area contributed by atoms with Crippen molar-refractivity contribution in [3.8, 4) is 0 Å². The Labute approximate surface area is 79.0 Å². The second kappa shape index (κ2) is 2.88. The number of aromatic nitrogens is 1. The third-order valence-electron chi connectivity index (χ3n) is 1.56. The first kappa shape index (κ1) is 8.83. The molecule has 13 heavy (non-hydrogen) atoms. The van der Waals surface area contributed by atoms with Crippen molar-refractivity contribution in [3.05, 3.63) is 23.8 Å². The average Bonchev–Trinajstić information content (AvgIpc) is 2.48. The molecule has 1 aromatic carbocycles. The monoisotopic (exact) mass is 222 g/mol. The lowest BCUT2D eigenvalue weighted by Gasteiger charge is -2.02. The Morgan fingerprint density at radius 3 is 2.77 bits per heavy atom. The summed E-state index contributed by atoms with van der Waals surface area (Å²) in [4.78, 5) is 0. The predicted octanol–water partition coefficient (Wildman–Crippen LogP) is 3.66. The molecule has 0 aliphatic heterocycles. The van der Waals surface area contributed by atoms with Gasteiger partial charge in [0.15, 0.2) is 0 Å². The maximum atomic E-state index is 12.4. The molecule has 1 heterocycles. The molecule has 6 heteroatoms. The van der Waals surface area contributed by atoms with Crippen LogP contribution in [-0.4, -0.2) is 4.37 Å². The smallest absolute Gasteiger partial charge is 0.166 e. The summed E-state index contributed by atoms with van der Waals surface area (Å²) >= 11 is 0.